The van der Waals surface area contributed by atoms with E-state index < -0.39 is 0 Å². The van der Waals surface area contributed by atoms with Gasteiger partial charge in [0, 0.05) is 18.7 Å². The van der Waals surface area contributed by atoms with Gasteiger partial charge in [-0.2, -0.15) is 0 Å². The number of rotatable bonds is 3. The first-order valence-corrected chi connectivity index (χ1v) is 6.75. The summed E-state index contributed by atoms with van der Waals surface area (Å²) in [4.78, 5) is 12.5. The van der Waals surface area contributed by atoms with Gasteiger partial charge < -0.3 is 5.32 Å². The minimum Gasteiger partial charge on any atom is -0.384 e. The number of Topliss-reactive ketones (excluding diaryl/α,β-unsaturated/α-hetero) is 1. The molecule has 0 saturated heterocycles. The molecule has 0 radical (unpaired) electrons. The van der Waals surface area contributed by atoms with Crippen LogP contribution in [0.2, 0.25) is 0 Å². The highest BCUT2D eigenvalue weighted by Crippen LogP contribution is 2.32. The lowest BCUT2D eigenvalue weighted by Gasteiger charge is -2.11. The second-order valence-electron chi connectivity index (χ2n) is 5.23. The average Bonchev–Trinajstić information content (AvgIpc) is 2.87. The van der Waals surface area contributed by atoms with E-state index in [0.29, 0.717) is 6.54 Å². The van der Waals surface area contributed by atoms with E-state index in [1.807, 2.05) is 31.2 Å². The number of benzene rings is 2. The van der Waals surface area contributed by atoms with Crippen molar-refractivity contribution in [3.63, 3.8) is 0 Å². The number of hydrogen-bond acceptors (Lipinski definition) is 2. The zero-order valence-corrected chi connectivity index (χ0v) is 11.3. The number of carbonyl (C=O) groups excluding carboxylic acids is 1. The molecule has 0 aromatic heterocycles. The largest absolute Gasteiger partial charge is 0.384 e. The third-order valence-electron chi connectivity index (χ3n) is 3.90. The number of nitrogens with one attached hydrogen (secondary N) is 1. The molecule has 0 spiro atoms. The number of para-hydroxylation sites is 1. The zero-order chi connectivity index (χ0) is 14.1. The van der Waals surface area contributed by atoms with Crippen LogP contribution in [0.5, 0.6) is 0 Å². The van der Waals surface area contributed by atoms with Gasteiger partial charge in [-0.3, -0.25) is 4.79 Å². The van der Waals surface area contributed by atoms with Gasteiger partial charge in [-0.05, 0) is 41.8 Å². The van der Waals surface area contributed by atoms with E-state index in [9.17, 15) is 9.18 Å². The van der Waals surface area contributed by atoms with Crippen LogP contribution in [0.25, 0.3) is 0 Å². The topological polar surface area (TPSA) is 29.1 Å². The van der Waals surface area contributed by atoms with E-state index in [-0.39, 0.29) is 23.9 Å². The van der Waals surface area contributed by atoms with Crippen LogP contribution in [0.3, 0.4) is 0 Å². The SMILES string of the molecule is Cc1ccc(F)cc1CC(=O)C1CNc2ccccc21. The molecule has 3 heteroatoms. The Kier molecular flexibility index (Phi) is 3.26. The Morgan fingerprint density at radius 3 is 2.95 bits per heavy atom. The monoisotopic (exact) mass is 269 g/mol. The highest BCUT2D eigenvalue weighted by Gasteiger charge is 2.28. The first-order valence-electron chi connectivity index (χ1n) is 6.75. The fraction of sp³-hybridized carbons (Fsp3) is 0.235. The van der Waals surface area contributed by atoms with Crippen LogP contribution in [0.1, 0.15) is 22.6 Å². The van der Waals surface area contributed by atoms with Crippen LogP contribution in [-0.4, -0.2) is 12.3 Å². The predicted molar refractivity (Wildman–Crippen MR) is 77.5 cm³/mol. The fourth-order valence-electron chi connectivity index (χ4n) is 2.71. The Labute approximate surface area is 117 Å². The molecule has 2 aromatic rings. The molecule has 1 unspecified atom stereocenters. The number of hydrogen-bond donors (Lipinski definition) is 1. The quantitative estimate of drug-likeness (QED) is 0.924. The molecule has 3 rings (SSSR count). The number of aryl methyl sites for hydroxylation is 1. The maximum Gasteiger partial charge on any atom is 0.146 e. The molecule has 0 aliphatic carbocycles. The van der Waals surface area contributed by atoms with Crippen molar-refractivity contribution >= 4 is 11.5 Å². The molecule has 0 amide bonds. The molecular weight excluding hydrogens is 253 g/mol. The summed E-state index contributed by atoms with van der Waals surface area (Å²) in [7, 11) is 0. The van der Waals surface area contributed by atoms with Gasteiger partial charge in [0.05, 0.1) is 5.92 Å². The van der Waals surface area contributed by atoms with Crippen LogP contribution in [0.15, 0.2) is 42.5 Å². The molecule has 2 aromatic carbocycles. The third kappa shape index (κ3) is 2.31. The molecule has 2 nitrogen and oxygen atoms in total. The van der Waals surface area contributed by atoms with Crippen molar-refractivity contribution in [2.24, 2.45) is 0 Å². The number of halogens is 1. The van der Waals surface area contributed by atoms with Gasteiger partial charge in [-0.15, -0.1) is 0 Å². The van der Waals surface area contributed by atoms with Crippen molar-refractivity contribution in [1.82, 2.24) is 0 Å². The molecule has 102 valence electrons. The maximum absolute atomic E-state index is 13.3. The lowest BCUT2D eigenvalue weighted by Crippen LogP contribution is -2.17. The van der Waals surface area contributed by atoms with E-state index >= 15 is 0 Å². The highest BCUT2D eigenvalue weighted by molar-refractivity contribution is 5.91. The summed E-state index contributed by atoms with van der Waals surface area (Å²) >= 11 is 0. The summed E-state index contributed by atoms with van der Waals surface area (Å²) in [6.07, 6.45) is 0.282. The summed E-state index contributed by atoms with van der Waals surface area (Å²) in [6, 6.07) is 12.5. The van der Waals surface area contributed by atoms with Crippen LogP contribution < -0.4 is 5.32 Å². The lowest BCUT2D eigenvalue weighted by atomic mass is 9.91. The molecule has 1 atom stereocenters. The summed E-state index contributed by atoms with van der Waals surface area (Å²) in [6.45, 7) is 2.54. The van der Waals surface area contributed by atoms with Crippen molar-refractivity contribution in [2.45, 2.75) is 19.3 Å². The van der Waals surface area contributed by atoms with E-state index in [4.69, 9.17) is 0 Å². The van der Waals surface area contributed by atoms with Crippen LogP contribution in [0.4, 0.5) is 10.1 Å². The lowest BCUT2D eigenvalue weighted by molar-refractivity contribution is -0.119. The van der Waals surface area contributed by atoms with E-state index in [2.05, 4.69) is 5.32 Å². The molecule has 1 heterocycles. The Balaban J connectivity index is 1.83. The Morgan fingerprint density at radius 2 is 2.10 bits per heavy atom. The number of carbonyl (C=O) groups is 1. The second kappa shape index (κ2) is 5.08. The van der Waals surface area contributed by atoms with E-state index in [1.165, 1.54) is 12.1 Å². The number of anilines is 1. The van der Waals surface area contributed by atoms with Crippen molar-refractivity contribution in [1.29, 1.82) is 0 Å². The molecule has 0 bridgehead atoms. The van der Waals surface area contributed by atoms with Gasteiger partial charge in [0.15, 0.2) is 0 Å². The first-order chi connectivity index (χ1) is 9.65. The second-order valence-corrected chi connectivity index (χ2v) is 5.23. The van der Waals surface area contributed by atoms with Crippen molar-refractivity contribution < 1.29 is 9.18 Å². The smallest absolute Gasteiger partial charge is 0.146 e. The standard InChI is InChI=1S/C17H16FNO/c1-11-6-7-13(18)8-12(11)9-17(20)15-10-19-16-5-3-2-4-14(15)16/h2-8,15,19H,9-10H2,1H3. The summed E-state index contributed by atoms with van der Waals surface area (Å²) < 4.78 is 13.3. The first kappa shape index (κ1) is 12.9. The van der Waals surface area contributed by atoms with Crippen LogP contribution in [0, 0.1) is 12.7 Å². The van der Waals surface area contributed by atoms with Crippen LogP contribution in [-0.2, 0) is 11.2 Å². The fourth-order valence-corrected chi connectivity index (χ4v) is 2.71. The van der Waals surface area contributed by atoms with Gasteiger partial charge >= 0.3 is 0 Å². The Bertz CT molecular complexity index is 666. The number of fused-ring (bicyclic) bond motifs is 1. The normalized spacial score (nSPS) is 16.6. The Hall–Kier alpha value is -2.16. The van der Waals surface area contributed by atoms with Crippen LogP contribution >= 0.6 is 0 Å². The van der Waals surface area contributed by atoms with Gasteiger partial charge in [-0.25, -0.2) is 4.39 Å². The molecule has 0 fully saturated rings. The van der Waals surface area contributed by atoms with Gasteiger partial charge in [0.2, 0.25) is 0 Å². The van der Waals surface area contributed by atoms with Gasteiger partial charge in [0.1, 0.15) is 11.6 Å². The average molecular weight is 269 g/mol. The minimum absolute atomic E-state index is 0.131. The zero-order valence-electron chi connectivity index (χ0n) is 11.3. The number of ketones is 1. The summed E-state index contributed by atoms with van der Waals surface area (Å²) in [5.41, 5.74) is 3.81. The minimum atomic E-state index is -0.289. The van der Waals surface area contributed by atoms with Crippen molar-refractivity contribution in [3.05, 3.63) is 65.0 Å². The molecule has 1 aliphatic rings. The molecule has 0 saturated carbocycles. The predicted octanol–water partition coefficient (Wildman–Crippen LogP) is 3.46. The Morgan fingerprint density at radius 1 is 1.30 bits per heavy atom. The van der Waals surface area contributed by atoms with Gasteiger partial charge in [-0.1, -0.05) is 24.3 Å². The molecule has 1 N–H and O–H groups in total. The third-order valence-corrected chi connectivity index (χ3v) is 3.90. The van der Waals surface area contributed by atoms with E-state index in [0.717, 1.165) is 22.4 Å². The van der Waals surface area contributed by atoms with Gasteiger partial charge in [0.25, 0.3) is 0 Å². The maximum atomic E-state index is 13.3. The highest BCUT2D eigenvalue weighted by atomic mass is 19.1. The van der Waals surface area contributed by atoms with Crippen molar-refractivity contribution in [2.75, 3.05) is 11.9 Å². The van der Waals surface area contributed by atoms with E-state index in [1.54, 1.807) is 6.07 Å². The van der Waals surface area contributed by atoms with Crippen molar-refractivity contribution in [3.8, 4) is 0 Å². The summed E-state index contributed by atoms with van der Waals surface area (Å²) in [5, 5.41) is 3.25. The summed E-state index contributed by atoms with van der Waals surface area (Å²) in [5.74, 6) is -0.284. The molecule has 20 heavy (non-hydrogen) atoms. The molecular formula is C17H16FNO. The molecule has 1 aliphatic heterocycles.